The van der Waals surface area contributed by atoms with E-state index in [0.29, 0.717) is 6.61 Å². The molecule has 2 rings (SSSR count). The molecular formula is C15H18O3. The number of hydrogen-bond acceptors (Lipinski definition) is 3. The highest BCUT2D eigenvalue weighted by atomic mass is 16.5. The molecule has 0 aromatic heterocycles. The van der Waals surface area contributed by atoms with Gasteiger partial charge in [0, 0.05) is 13.3 Å². The van der Waals surface area contributed by atoms with Crippen molar-refractivity contribution in [2.45, 2.75) is 38.6 Å². The number of carbonyl (C=O) groups is 1. The van der Waals surface area contributed by atoms with Gasteiger partial charge in [-0.2, -0.15) is 0 Å². The average molecular weight is 246 g/mol. The lowest BCUT2D eigenvalue weighted by Crippen LogP contribution is -2.26. The summed E-state index contributed by atoms with van der Waals surface area (Å²) in [5, 5.41) is 0. The van der Waals surface area contributed by atoms with Crippen LogP contribution in [0.3, 0.4) is 0 Å². The summed E-state index contributed by atoms with van der Waals surface area (Å²) >= 11 is 0. The highest BCUT2D eigenvalue weighted by Gasteiger charge is 2.20. The van der Waals surface area contributed by atoms with Gasteiger partial charge < -0.3 is 9.47 Å². The molecule has 96 valence electrons. The van der Waals surface area contributed by atoms with Crippen LogP contribution in [0.2, 0.25) is 0 Å². The molecule has 1 aromatic carbocycles. The van der Waals surface area contributed by atoms with Gasteiger partial charge in [-0.05, 0) is 18.1 Å². The average Bonchev–Trinajstić information content (AvgIpc) is 2.37. The van der Waals surface area contributed by atoms with Gasteiger partial charge in [0.1, 0.15) is 6.10 Å². The van der Waals surface area contributed by atoms with Crippen LogP contribution in [0, 0.1) is 0 Å². The molecule has 0 spiro atoms. The minimum absolute atomic E-state index is 0.125. The van der Waals surface area contributed by atoms with E-state index < -0.39 is 0 Å². The number of esters is 1. The fourth-order valence-corrected chi connectivity index (χ4v) is 2.04. The van der Waals surface area contributed by atoms with Gasteiger partial charge in [-0.15, -0.1) is 0 Å². The van der Waals surface area contributed by atoms with Gasteiger partial charge in [-0.3, -0.25) is 4.79 Å². The van der Waals surface area contributed by atoms with Crippen molar-refractivity contribution in [3.63, 3.8) is 0 Å². The highest BCUT2D eigenvalue weighted by molar-refractivity contribution is 5.66. The van der Waals surface area contributed by atoms with Crippen molar-refractivity contribution < 1.29 is 14.3 Å². The van der Waals surface area contributed by atoms with Gasteiger partial charge in [0.25, 0.3) is 0 Å². The molecule has 1 aromatic rings. The van der Waals surface area contributed by atoms with Crippen LogP contribution < -0.4 is 0 Å². The van der Waals surface area contributed by atoms with E-state index in [1.165, 1.54) is 6.92 Å². The second-order valence-electron chi connectivity index (χ2n) is 4.47. The molecule has 0 radical (unpaired) electrons. The van der Waals surface area contributed by atoms with Crippen LogP contribution in [0.1, 0.15) is 25.3 Å². The highest BCUT2D eigenvalue weighted by Crippen LogP contribution is 2.19. The van der Waals surface area contributed by atoms with Gasteiger partial charge in [0.05, 0.1) is 12.7 Å². The third-order valence-corrected chi connectivity index (χ3v) is 2.89. The SMILES string of the molecule is CC(=O)O[C@H]1C=CC[C@H](OCc2ccccc2)C1. The molecule has 1 aliphatic carbocycles. The van der Waals surface area contributed by atoms with Gasteiger partial charge in [0.15, 0.2) is 0 Å². The first-order chi connectivity index (χ1) is 8.74. The normalized spacial score (nSPS) is 22.7. The van der Waals surface area contributed by atoms with Crippen LogP contribution in [0.15, 0.2) is 42.5 Å². The summed E-state index contributed by atoms with van der Waals surface area (Å²) in [4.78, 5) is 10.9. The zero-order valence-corrected chi connectivity index (χ0v) is 10.5. The number of carbonyl (C=O) groups excluding carboxylic acids is 1. The first kappa shape index (κ1) is 12.8. The molecule has 3 heteroatoms. The Morgan fingerprint density at radius 1 is 1.33 bits per heavy atom. The summed E-state index contributed by atoms with van der Waals surface area (Å²) in [6.07, 6.45) is 5.56. The van der Waals surface area contributed by atoms with Crippen LogP contribution in [0.5, 0.6) is 0 Å². The molecule has 0 aliphatic heterocycles. The summed E-state index contributed by atoms with van der Waals surface area (Å²) in [6, 6.07) is 10.1. The Morgan fingerprint density at radius 3 is 2.83 bits per heavy atom. The maximum atomic E-state index is 10.9. The maximum absolute atomic E-state index is 10.9. The van der Waals surface area contributed by atoms with Crippen LogP contribution >= 0.6 is 0 Å². The van der Waals surface area contributed by atoms with E-state index >= 15 is 0 Å². The molecule has 0 bridgehead atoms. The fraction of sp³-hybridized carbons (Fsp3) is 0.400. The quantitative estimate of drug-likeness (QED) is 0.605. The molecule has 0 saturated carbocycles. The van der Waals surface area contributed by atoms with Gasteiger partial charge in [0.2, 0.25) is 0 Å². The molecule has 18 heavy (non-hydrogen) atoms. The summed E-state index contributed by atoms with van der Waals surface area (Å²) < 4.78 is 11.0. The predicted octanol–water partition coefficient (Wildman–Crippen LogP) is 2.85. The Kier molecular flexibility index (Phi) is 4.53. The molecule has 0 amide bonds. The zero-order chi connectivity index (χ0) is 12.8. The summed E-state index contributed by atoms with van der Waals surface area (Å²) in [5.74, 6) is -0.242. The third-order valence-electron chi connectivity index (χ3n) is 2.89. The Bertz CT molecular complexity index is 411. The van der Waals surface area contributed by atoms with E-state index in [4.69, 9.17) is 9.47 Å². The number of ether oxygens (including phenoxy) is 2. The summed E-state index contributed by atoms with van der Waals surface area (Å²) in [7, 11) is 0. The lowest BCUT2D eigenvalue weighted by molar-refractivity contribution is -0.146. The zero-order valence-electron chi connectivity index (χ0n) is 10.5. The molecule has 3 nitrogen and oxygen atoms in total. The lowest BCUT2D eigenvalue weighted by Gasteiger charge is -2.24. The minimum Gasteiger partial charge on any atom is -0.458 e. The van der Waals surface area contributed by atoms with E-state index in [1.807, 2.05) is 42.5 Å². The molecule has 2 atom stereocenters. The Labute approximate surface area is 107 Å². The van der Waals surface area contributed by atoms with Crippen LogP contribution in [0.25, 0.3) is 0 Å². The van der Waals surface area contributed by atoms with E-state index in [2.05, 4.69) is 0 Å². The third kappa shape index (κ3) is 4.00. The molecule has 0 N–H and O–H groups in total. The van der Waals surface area contributed by atoms with Crippen LogP contribution in [-0.2, 0) is 20.9 Å². The molecule has 0 fully saturated rings. The molecular weight excluding hydrogens is 228 g/mol. The van der Waals surface area contributed by atoms with Crippen LogP contribution in [-0.4, -0.2) is 18.2 Å². The Morgan fingerprint density at radius 2 is 2.11 bits per heavy atom. The predicted molar refractivity (Wildman–Crippen MR) is 68.9 cm³/mol. The van der Waals surface area contributed by atoms with Gasteiger partial charge >= 0.3 is 5.97 Å². The second-order valence-corrected chi connectivity index (χ2v) is 4.47. The molecule has 0 unspecified atom stereocenters. The van der Waals surface area contributed by atoms with Crippen molar-refractivity contribution in [2.75, 3.05) is 0 Å². The van der Waals surface area contributed by atoms with Crippen molar-refractivity contribution in [3.8, 4) is 0 Å². The Hall–Kier alpha value is -1.61. The van der Waals surface area contributed by atoms with E-state index in [9.17, 15) is 4.79 Å². The van der Waals surface area contributed by atoms with Crippen molar-refractivity contribution in [1.82, 2.24) is 0 Å². The van der Waals surface area contributed by atoms with Crippen molar-refractivity contribution in [2.24, 2.45) is 0 Å². The lowest BCUT2D eigenvalue weighted by atomic mass is 10.0. The largest absolute Gasteiger partial charge is 0.458 e. The standard InChI is InChI=1S/C15H18O3/c1-12(16)18-15-9-5-8-14(10-15)17-11-13-6-3-2-4-7-13/h2-7,9,14-15H,8,10-11H2,1H3/t14-,15-/m0/s1. The van der Waals surface area contributed by atoms with Gasteiger partial charge in [-0.25, -0.2) is 0 Å². The number of hydrogen-bond donors (Lipinski definition) is 0. The number of rotatable bonds is 4. The molecule has 0 heterocycles. The topological polar surface area (TPSA) is 35.5 Å². The molecule has 0 saturated heterocycles. The van der Waals surface area contributed by atoms with Crippen molar-refractivity contribution >= 4 is 5.97 Å². The first-order valence-electron chi connectivity index (χ1n) is 6.23. The first-order valence-corrected chi connectivity index (χ1v) is 6.23. The monoisotopic (exact) mass is 246 g/mol. The fourth-order valence-electron chi connectivity index (χ4n) is 2.04. The maximum Gasteiger partial charge on any atom is 0.303 e. The van der Waals surface area contributed by atoms with Gasteiger partial charge in [-0.1, -0.05) is 36.4 Å². The van der Waals surface area contributed by atoms with Crippen molar-refractivity contribution in [3.05, 3.63) is 48.0 Å². The van der Waals surface area contributed by atoms with E-state index in [-0.39, 0.29) is 18.2 Å². The molecule has 1 aliphatic rings. The van der Waals surface area contributed by atoms with E-state index in [0.717, 1.165) is 18.4 Å². The smallest absolute Gasteiger partial charge is 0.303 e. The van der Waals surface area contributed by atoms with Crippen molar-refractivity contribution in [1.29, 1.82) is 0 Å². The minimum atomic E-state index is -0.242. The number of benzene rings is 1. The van der Waals surface area contributed by atoms with E-state index in [1.54, 1.807) is 0 Å². The Balaban J connectivity index is 1.80. The second kappa shape index (κ2) is 6.36. The summed E-state index contributed by atoms with van der Waals surface area (Å²) in [5.41, 5.74) is 1.16. The van der Waals surface area contributed by atoms with Crippen LogP contribution in [0.4, 0.5) is 0 Å². The summed E-state index contributed by atoms with van der Waals surface area (Å²) in [6.45, 7) is 2.04.